The van der Waals surface area contributed by atoms with Crippen LogP contribution in [0.1, 0.15) is 31.2 Å². The van der Waals surface area contributed by atoms with Gasteiger partial charge in [0, 0.05) is 30.1 Å². The van der Waals surface area contributed by atoms with Crippen molar-refractivity contribution in [3.63, 3.8) is 0 Å². The molecule has 2 heterocycles. The highest BCUT2D eigenvalue weighted by molar-refractivity contribution is 7.15. The third-order valence-corrected chi connectivity index (χ3v) is 5.23. The SMILES string of the molecule is CCCCc1nnc(NC(=O)C2CC(=O)N(c3ccc(Cl)cc3)C2)s1. The Labute approximate surface area is 155 Å². The molecule has 6 nitrogen and oxygen atoms in total. The van der Waals surface area contributed by atoms with Crippen molar-refractivity contribution in [1.29, 1.82) is 0 Å². The number of halogens is 1. The van der Waals surface area contributed by atoms with Gasteiger partial charge in [-0.1, -0.05) is 36.3 Å². The number of hydrogen-bond donors (Lipinski definition) is 1. The lowest BCUT2D eigenvalue weighted by Crippen LogP contribution is -2.28. The largest absolute Gasteiger partial charge is 0.312 e. The summed E-state index contributed by atoms with van der Waals surface area (Å²) in [6.45, 7) is 2.47. The predicted octanol–water partition coefficient (Wildman–Crippen LogP) is 3.53. The van der Waals surface area contributed by atoms with E-state index in [-0.39, 0.29) is 18.2 Å². The Morgan fingerprint density at radius 1 is 1.36 bits per heavy atom. The fraction of sp³-hybridized carbons (Fsp3) is 0.412. The van der Waals surface area contributed by atoms with Gasteiger partial charge in [0.25, 0.3) is 0 Å². The molecular weight excluding hydrogens is 360 g/mol. The monoisotopic (exact) mass is 378 g/mol. The summed E-state index contributed by atoms with van der Waals surface area (Å²) in [5, 5.41) is 12.9. The lowest BCUT2D eigenvalue weighted by molar-refractivity contribution is -0.122. The number of benzene rings is 1. The highest BCUT2D eigenvalue weighted by Gasteiger charge is 2.35. The molecule has 0 bridgehead atoms. The second kappa shape index (κ2) is 7.93. The molecule has 0 saturated carbocycles. The van der Waals surface area contributed by atoms with E-state index in [0.29, 0.717) is 16.7 Å². The Morgan fingerprint density at radius 2 is 2.12 bits per heavy atom. The number of hydrogen-bond acceptors (Lipinski definition) is 5. The van der Waals surface area contributed by atoms with Crippen LogP contribution in [0.4, 0.5) is 10.8 Å². The average molecular weight is 379 g/mol. The Hall–Kier alpha value is -1.99. The number of anilines is 2. The number of aromatic nitrogens is 2. The Morgan fingerprint density at radius 3 is 2.84 bits per heavy atom. The summed E-state index contributed by atoms with van der Waals surface area (Å²) in [4.78, 5) is 26.3. The number of rotatable bonds is 6. The van der Waals surface area contributed by atoms with E-state index in [1.54, 1.807) is 29.2 Å². The fourth-order valence-electron chi connectivity index (χ4n) is 2.69. The lowest BCUT2D eigenvalue weighted by Gasteiger charge is -2.16. The van der Waals surface area contributed by atoms with Crippen molar-refractivity contribution in [3.8, 4) is 0 Å². The molecule has 0 spiro atoms. The van der Waals surface area contributed by atoms with E-state index in [1.807, 2.05) is 0 Å². The second-order valence-electron chi connectivity index (χ2n) is 5.98. The van der Waals surface area contributed by atoms with Crippen LogP contribution in [0.25, 0.3) is 0 Å². The van der Waals surface area contributed by atoms with Crippen LogP contribution in [0.2, 0.25) is 5.02 Å². The topological polar surface area (TPSA) is 75.2 Å². The zero-order chi connectivity index (χ0) is 17.8. The normalized spacial score (nSPS) is 17.1. The smallest absolute Gasteiger partial charge is 0.231 e. The summed E-state index contributed by atoms with van der Waals surface area (Å²) in [7, 11) is 0. The van der Waals surface area contributed by atoms with Gasteiger partial charge in [-0.25, -0.2) is 0 Å². The van der Waals surface area contributed by atoms with E-state index in [9.17, 15) is 9.59 Å². The maximum Gasteiger partial charge on any atom is 0.231 e. The predicted molar refractivity (Wildman–Crippen MR) is 99.1 cm³/mol. The minimum Gasteiger partial charge on any atom is -0.312 e. The first kappa shape index (κ1) is 17.8. The molecule has 1 aromatic heterocycles. The van der Waals surface area contributed by atoms with Crippen molar-refractivity contribution in [2.75, 3.05) is 16.8 Å². The van der Waals surface area contributed by atoms with Crippen LogP contribution in [-0.2, 0) is 16.0 Å². The molecule has 1 fully saturated rings. The Kier molecular flexibility index (Phi) is 5.65. The molecule has 2 aromatic rings. The standard InChI is InChI=1S/C17H19ClN4O2S/c1-2-3-4-14-20-21-17(25-14)19-16(24)11-9-15(23)22(10-11)13-7-5-12(18)6-8-13/h5-8,11H,2-4,9-10H2,1H3,(H,19,21,24). The molecular formula is C17H19ClN4O2S. The number of carbonyl (C=O) groups is 2. The van der Waals surface area contributed by atoms with E-state index < -0.39 is 5.92 Å². The number of nitrogens with zero attached hydrogens (tertiary/aromatic N) is 3. The van der Waals surface area contributed by atoms with E-state index >= 15 is 0 Å². The number of amides is 2. The van der Waals surface area contributed by atoms with Gasteiger partial charge in [0.1, 0.15) is 5.01 Å². The summed E-state index contributed by atoms with van der Waals surface area (Å²) in [6.07, 6.45) is 3.20. The van der Waals surface area contributed by atoms with Crippen LogP contribution in [0.15, 0.2) is 24.3 Å². The first-order valence-corrected chi connectivity index (χ1v) is 9.45. The number of carbonyl (C=O) groups excluding carboxylic acids is 2. The van der Waals surface area contributed by atoms with Crippen molar-refractivity contribution >= 4 is 45.6 Å². The molecule has 1 unspecified atom stereocenters. The van der Waals surface area contributed by atoms with Crippen molar-refractivity contribution in [2.24, 2.45) is 5.92 Å². The lowest BCUT2D eigenvalue weighted by atomic mass is 10.1. The maximum atomic E-state index is 12.4. The van der Waals surface area contributed by atoms with Crippen LogP contribution < -0.4 is 10.2 Å². The molecule has 0 aliphatic carbocycles. The molecule has 1 aliphatic rings. The zero-order valence-electron chi connectivity index (χ0n) is 13.9. The van der Waals surface area contributed by atoms with Crippen molar-refractivity contribution in [3.05, 3.63) is 34.3 Å². The van der Waals surface area contributed by atoms with Crippen LogP contribution >= 0.6 is 22.9 Å². The summed E-state index contributed by atoms with van der Waals surface area (Å²) < 4.78 is 0. The molecule has 1 saturated heterocycles. The molecule has 0 radical (unpaired) electrons. The maximum absolute atomic E-state index is 12.4. The van der Waals surface area contributed by atoms with E-state index in [2.05, 4.69) is 22.4 Å². The molecule has 1 aliphatic heterocycles. The molecule has 1 atom stereocenters. The van der Waals surface area contributed by atoms with Crippen LogP contribution in [-0.4, -0.2) is 28.6 Å². The number of aryl methyl sites for hydroxylation is 1. The summed E-state index contributed by atoms with van der Waals surface area (Å²) in [5.41, 5.74) is 0.752. The van der Waals surface area contributed by atoms with Gasteiger partial charge in [-0.05, 0) is 30.7 Å². The zero-order valence-corrected chi connectivity index (χ0v) is 15.4. The minimum atomic E-state index is -0.397. The first-order chi connectivity index (χ1) is 12.1. The highest BCUT2D eigenvalue weighted by Crippen LogP contribution is 2.27. The van der Waals surface area contributed by atoms with Gasteiger partial charge in [-0.3, -0.25) is 9.59 Å². The van der Waals surface area contributed by atoms with Crippen molar-refractivity contribution in [1.82, 2.24) is 10.2 Å². The Bertz CT molecular complexity index is 762. The van der Waals surface area contributed by atoms with Gasteiger partial charge in [-0.2, -0.15) is 0 Å². The van der Waals surface area contributed by atoms with E-state index in [1.165, 1.54) is 11.3 Å². The van der Waals surface area contributed by atoms with Gasteiger partial charge in [0.2, 0.25) is 16.9 Å². The highest BCUT2D eigenvalue weighted by atomic mass is 35.5. The molecule has 1 aromatic carbocycles. The average Bonchev–Trinajstić information content (AvgIpc) is 3.20. The number of nitrogens with one attached hydrogen (secondary N) is 1. The molecule has 8 heteroatoms. The second-order valence-corrected chi connectivity index (χ2v) is 7.47. The fourth-order valence-corrected chi connectivity index (χ4v) is 3.60. The summed E-state index contributed by atoms with van der Waals surface area (Å²) in [6, 6.07) is 7.03. The third-order valence-electron chi connectivity index (χ3n) is 4.08. The van der Waals surface area contributed by atoms with Gasteiger partial charge in [0.05, 0.1) is 5.92 Å². The molecule has 1 N–H and O–H groups in total. The number of unbranched alkanes of at least 4 members (excludes halogenated alkanes) is 1. The van der Waals surface area contributed by atoms with E-state index in [4.69, 9.17) is 11.6 Å². The van der Waals surface area contributed by atoms with Crippen LogP contribution in [0.5, 0.6) is 0 Å². The third kappa shape index (κ3) is 4.35. The summed E-state index contributed by atoms with van der Waals surface area (Å²) in [5.74, 6) is -0.655. The quantitative estimate of drug-likeness (QED) is 0.834. The molecule has 132 valence electrons. The summed E-state index contributed by atoms with van der Waals surface area (Å²) >= 11 is 7.27. The molecule has 25 heavy (non-hydrogen) atoms. The van der Waals surface area contributed by atoms with Gasteiger partial charge >= 0.3 is 0 Å². The van der Waals surface area contributed by atoms with Gasteiger partial charge in [-0.15, -0.1) is 10.2 Å². The Balaban J connectivity index is 1.60. The molecule has 2 amide bonds. The first-order valence-electron chi connectivity index (χ1n) is 8.26. The molecule has 3 rings (SSSR count). The van der Waals surface area contributed by atoms with Crippen molar-refractivity contribution in [2.45, 2.75) is 32.6 Å². The van der Waals surface area contributed by atoms with Crippen LogP contribution in [0.3, 0.4) is 0 Å². The van der Waals surface area contributed by atoms with E-state index in [0.717, 1.165) is 30.0 Å². The van der Waals surface area contributed by atoms with Crippen molar-refractivity contribution < 1.29 is 9.59 Å². The van der Waals surface area contributed by atoms with Gasteiger partial charge in [0.15, 0.2) is 0 Å². The minimum absolute atomic E-state index is 0.0663. The van der Waals surface area contributed by atoms with Crippen LogP contribution in [0, 0.1) is 5.92 Å². The van der Waals surface area contributed by atoms with Gasteiger partial charge < -0.3 is 10.2 Å².